The SMILES string of the molecule is COc1cc(C(=O)/C=C/c2cn(-c3ccccc3)nc2-c2ccsc2)cc(OC)c1OC. The summed E-state index contributed by atoms with van der Waals surface area (Å²) in [4.78, 5) is 13.0. The standard InChI is InChI=1S/C25H22N2O4S/c1-29-22-13-19(14-23(30-2)25(22)31-3)21(28)10-9-17-15-27(20-7-5-4-6-8-20)26-24(17)18-11-12-32-16-18/h4-16H,1-3H3/b10-9+. The van der Waals surface area contributed by atoms with E-state index in [1.165, 1.54) is 27.4 Å². The van der Waals surface area contributed by atoms with Crippen molar-refractivity contribution in [2.75, 3.05) is 21.3 Å². The molecule has 0 radical (unpaired) electrons. The van der Waals surface area contributed by atoms with Crippen molar-refractivity contribution in [1.82, 2.24) is 9.78 Å². The second-order valence-corrected chi connectivity index (χ2v) is 7.62. The summed E-state index contributed by atoms with van der Waals surface area (Å²) in [7, 11) is 4.57. The maximum Gasteiger partial charge on any atom is 0.203 e. The van der Waals surface area contributed by atoms with Crippen LogP contribution in [0.1, 0.15) is 15.9 Å². The van der Waals surface area contributed by atoms with Crippen LogP contribution in [0.2, 0.25) is 0 Å². The summed E-state index contributed by atoms with van der Waals surface area (Å²) >= 11 is 1.60. The summed E-state index contributed by atoms with van der Waals surface area (Å²) in [6.07, 6.45) is 5.23. The highest BCUT2D eigenvalue weighted by Gasteiger charge is 2.16. The molecule has 0 atom stereocenters. The Hall–Kier alpha value is -3.84. The number of thiophene rings is 1. The zero-order chi connectivity index (χ0) is 22.5. The molecule has 2 aromatic heterocycles. The number of ether oxygens (including phenoxy) is 3. The number of hydrogen-bond acceptors (Lipinski definition) is 6. The number of carbonyl (C=O) groups is 1. The van der Waals surface area contributed by atoms with Gasteiger partial charge >= 0.3 is 0 Å². The lowest BCUT2D eigenvalue weighted by atomic mass is 10.1. The zero-order valence-corrected chi connectivity index (χ0v) is 18.8. The third kappa shape index (κ3) is 4.29. The van der Waals surface area contributed by atoms with E-state index < -0.39 is 0 Å². The lowest BCUT2D eigenvalue weighted by Gasteiger charge is -2.13. The van der Waals surface area contributed by atoms with Crippen LogP contribution in [0, 0.1) is 0 Å². The molecule has 0 unspecified atom stereocenters. The largest absolute Gasteiger partial charge is 0.493 e. The predicted octanol–water partition coefficient (Wildman–Crippen LogP) is 5.52. The van der Waals surface area contributed by atoms with Crippen molar-refractivity contribution in [2.45, 2.75) is 0 Å². The third-order valence-corrected chi connectivity index (χ3v) is 5.60. The number of nitrogens with zero attached hydrogens (tertiary/aromatic N) is 2. The van der Waals surface area contributed by atoms with Crippen molar-refractivity contribution in [1.29, 1.82) is 0 Å². The summed E-state index contributed by atoms with van der Waals surface area (Å²) in [5.74, 6) is 1.12. The topological polar surface area (TPSA) is 62.6 Å². The Morgan fingerprint density at radius 3 is 2.31 bits per heavy atom. The van der Waals surface area contributed by atoms with Crippen molar-refractivity contribution in [3.8, 4) is 34.2 Å². The van der Waals surface area contributed by atoms with Gasteiger partial charge in [0, 0.05) is 28.3 Å². The highest BCUT2D eigenvalue weighted by molar-refractivity contribution is 7.08. The van der Waals surface area contributed by atoms with Crippen LogP contribution in [0.5, 0.6) is 17.2 Å². The minimum Gasteiger partial charge on any atom is -0.493 e. The first-order valence-corrected chi connectivity index (χ1v) is 10.8. The number of para-hydroxylation sites is 1. The van der Waals surface area contributed by atoms with Crippen molar-refractivity contribution in [2.24, 2.45) is 0 Å². The molecule has 162 valence electrons. The monoisotopic (exact) mass is 446 g/mol. The first-order valence-electron chi connectivity index (χ1n) is 9.84. The fraction of sp³-hybridized carbons (Fsp3) is 0.120. The Balaban J connectivity index is 1.70. The molecule has 2 heterocycles. The number of methoxy groups -OCH3 is 3. The van der Waals surface area contributed by atoms with Gasteiger partial charge in [0.25, 0.3) is 0 Å². The van der Waals surface area contributed by atoms with Gasteiger partial charge in [-0.25, -0.2) is 4.68 Å². The zero-order valence-electron chi connectivity index (χ0n) is 17.9. The van der Waals surface area contributed by atoms with Crippen LogP contribution in [0.4, 0.5) is 0 Å². The molecule has 0 aliphatic carbocycles. The van der Waals surface area contributed by atoms with Crippen LogP contribution >= 0.6 is 11.3 Å². The smallest absolute Gasteiger partial charge is 0.203 e. The van der Waals surface area contributed by atoms with E-state index in [9.17, 15) is 4.79 Å². The van der Waals surface area contributed by atoms with Crippen molar-refractivity contribution in [3.63, 3.8) is 0 Å². The summed E-state index contributed by atoms with van der Waals surface area (Å²) < 4.78 is 17.9. The van der Waals surface area contributed by atoms with E-state index >= 15 is 0 Å². The third-order valence-electron chi connectivity index (χ3n) is 4.92. The molecule has 0 saturated heterocycles. The van der Waals surface area contributed by atoms with Crippen LogP contribution in [0.15, 0.2) is 71.6 Å². The van der Waals surface area contributed by atoms with Gasteiger partial charge < -0.3 is 14.2 Å². The van der Waals surface area contributed by atoms with E-state index in [1.807, 2.05) is 58.0 Å². The van der Waals surface area contributed by atoms with Gasteiger partial charge in [-0.15, -0.1) is 0 Å². The molecule has 0 aliphatic heterocycles. The Morgan fingerprint density at radius 2 is 1.72 bits per heavy atom. The maximum absolute atomic E-state index is 13.0. The number of rotatable bonds is 8. The van der Waals surface area contributed by atoms with Crippen LogP contribution in [-0.2, 0) is 0 Å². The van der Waals surface area contributed by atoms with E-state index in [2.05, 4.69) is 0 Å². The summed E-state index contributed by atoms with van der Waals surface area (Å²) in [5, 5.41) is 8.80. The normalized spacial score (nSPS) is 11.0. The molecule has 7 heteroatoms. The van der Waals surface area contributed by atoms with Crippen molar-refractivity contribution in [3.05, 3.63) is 82.7 Å². The van der Waals surface area contributed by atoms with Gasteiger partial charge in [0.1, 0.15) is 5.69 Å². The molecule has 6 nitrogen and oxygen atoms in total. The van der Waals surface area contributed by atoms with Gasteiger partial charge in [0.2, 0.25) is 5.75 Å². The summed E-state index contributed by atoms with van der Waals surface area (Å²) in [5.41, 5.74) is 4.03. The van der Waals surface area contributed by atoms with Gasteiger partial charge in [-0.3, -0.25) is 4.79 Å². The van der Waals surface area contributed by atoms with Crippen molar-refractivity contribution < 1.29 is 19.0 Å². The van der Waals surface area contributed by atoms with Crippen molar-refractivity contribution >= 4 is 23.2 Å². The maximum atomic E-state index is 13.0. The summed E-state index contributed by atoms with van der Waals surface area (Å²) in [6.45, 7) is 0. The molecule has 2 aromatic carbocycles. The minimum atomic E-state index is -0.187. The number of aromatic nitrogens is 2. The van der Waals surface area contributed by atoms with E-state index in [-0.39, 0.29) is 5.78 Å². The fourth-order valence-electron chi connectivity index (χ4n) is 3.33. The molecule has 0 fully saturated rings. The van der Waals surface area contributed by atoms with Gasteiger partial charge in [-0.05, 0) is 47.9 Å². The molecular formula is C25H22N2O4S. The molecule has 0 saturated carbocycles. The number of allylic oxidation sites excluding steroid dienone is 1. The Kier molecular flexibility index (Phi) is 6.37. The number of benzene rings is 2. The van der Waals surface area contributed by atoms with Crippen LogP contribution in [0.3, 0.4) is 0 Å². The highest BCUT2D eigenvalue weighted by atomic mass is 32.1. The van der Waals surface area contributed by atoms with Crippen LogP contribution in [0.25, 0.3) is 23.0 Å². The molecule has 0 aliphatic rings. The highest BCUT2D eigenvalue weighted by Crippen LogP contribution is 2.38. The van der Waals surface area contributed by atoms with E-state index in [1.54, 1.807) is 29.5 Å². The number of carbonyl (C=O) groups excluding carboxylic acids is 1. The fourth-order valence-corrected chi connectivity index (χ4v) is 3.97. The molecule has 0 N–H and O–H groups in total. The molecular weight excluding hydrogens is 424 g/mol. The first-order chi connectivity index (χ1) is 15.6. The Labute approximate surface area is 190 Å². The molecule has 0 amide bonds. The van der Waals surface area contributed by atoms with Gasteiger partial charge in [-0.1, -0.05) is 18.2 Å². The Bertz CT molecular complexity index is 1220. The lowest BCUT2D eigenvalue weighted by Crippen LogP contribution is -2.00. The predicted molar refractivity (Wildman–Crippen MR) is 126 cm³/mol. The second-order valence-electron chi connectivity index (χ2n) is 6.84. The average Bonchev–Trinajstić information content (AvgIpc) is 3.52. The Morgan fingerprint density at radius 1 is 1.00 bits per heavy atom. The minimum absolute atomic E-state index is 0.187. The number of hydrogen-bond donors (Lipinski definition) is 0. The molecule has 0 bridgehead atoms. The second kappa shape index (κ2) is 9.53. The number of ketones is 1. The molecule has 4 rings (SSSR count). The first kappa shape index (κ1) is 21.4. The van der Waals surface area contributed by atoms with E-state index in [4.69, 9.17) is 19.3 Å². The van der Waals surface area contributed by atoms with Gasteiger partial charge in [-0.2, -0.15) is 16.4 Å². The van der Waals surface area contributed by atoms with Gasteiger partial charge in [0.15, 0.2) is 17.3 Å². The van der Waals surface area contributed by atoms with Gasteiger partial charge in [0.05, 0.1) is 27.0 Å². The quantitative estimate of drug-likeness (QED) is 0.263. The molecule has 32 heavy (non-hydrogen) atoms. The lowest BCUT2D eigenvalue weighted by molar-refractivity contribution is 0.104. The molecule has 4 aromatic rings. The van der Waals surface area contributed by atoms with Crippen LogP contribution < -0.4 is 14.2 Å². The molecule has 0 spiro atoms. The van der Waals surface area contributed by atoms with Crippen LogP contribution in [-0.4, -0.2) is 36.9 Å². The van der Waals surface area contributed by atoms with E-state index in [0.29, 0.717) is 22.8 Å². The summed E-state index contributed by atoms with van der Waals surface area (Å²) in [6, 6.07) is 15.2. The van der Waals surface area contributed by atoms with E-state index in [0.717, 1.165) is 22.5 Å². The average molecular weight is 447 g/mol.